The summed E-state index contributed by atoms with van der Waals surface area (Å²) in [4.78, 5) is 17.7. The molecule has 1 saturated carbocycles. The van der Waals surface area contributed by atoms with Crippen LogP contribution < -0.4 is 5.32 Å². The summed E-state index contributed by atoms with van der Waals surface area (Å²) in [6.07, 6.45) is 7.15. The summed E-state index contributed by atoms with van der Waals surface area (Å²) in [5.74, 6) is 0.513. The maximum Gasteiger partial charge on any atom is 0.324 e. The normalized spacial score (nSPS) is 20.1. The molecule has 0 aromatic carbocycles. The minimum Gasteiger partial charge on any atom is -0.312 e. The van der Waals surface area contributed by atoms with E-state index in [0.717, 1.165) is 18.0 Å². The number of thiophene rings is 2. The lowest BCUT2D eigenvalue weighted by Crippen LogP contribution is -2.42. The highest BCUT2D eigenvalue weighted by atomic mass is 32.1. The molecule has 0 unspecified atom stereocenters. The van der Waals surface area contributed by atoms with Gasteiger partial charge in [-0.2, -0.15) is 0 Å². The van der Waals surface area contributed by atoms with Crippen LogP contribution in [0.2, 0.25) is 0 Å². The summed E-state index contributed by atoms with van der Waals surface area (Å²) in [7, 11) is 0. The Morgan fingerprint density at radius 1 is 1.11 bits per heavy atom. The second kappa shape index (κ2) is 7.93. The highest BCUT2D eigenvalue weighted by molar-refractivity contribution is 7.15. The fourth-order valence-electron chi connectivity index (χ4n) is 4.25. The van der Waals surface area contributed by atoms with Crippen molar-refractivity contribution in [2.45, 2.75) is 50.5 Å². The number of carbonyl (C=O) groups excluding carboxylic acids is 1. The van der Waals surface area contributed by atoms with Gasteiger partial charge in [0.1, 0.15) is 5.01 Å². The molecule has 2 aliphatic rings. The van der Waals surface area contributed by atoms with E-state index in [1.165, 1.54) is 47.4 Å². The van der Waals surface area contributed by atoms with Gasteiger partial charge in [0.2, 0.25) is 5.13 Å². The van der Waals surface area contributed by atoms with Gasteiger partial charge in [0, 0.05) is 22.2 Å². The zero-order valence-corrected chi connectivity index (χ0v) is 17.9. The molecule has 1 atom stereocenters. The monoisotopic (exact) mass is 430 g/mol. The van der Waals surface area contributed by atoms with Crippen LogP contribution in [0.1, 0.15) is 64.4 Å². The topological polar surface area (TPSA) is 58.1 Å². The number of hydrogen-bond acceptors (Lipinski definition) is 6. The molecule has 5 nitrogen and oxygen atoms in total. The molecule has 28 heavy (non-hydrogen) atoms. The molecule has 0 bridgehead atoms. The van der Waals surface area contributed by atoms with Crippen LogP contribution >= 0.6 is 34.0 Å². The van der Waals surface area contributed by atoms with E-state index in [1.807, 2.05) is 4.90 Å². The van der Waals surface area contributed by atoms with Gasteiger partial charge in [-0.05, 0) is 47.7 Å². The summed E-state index contributed by atoms with van der Waals surface area (Å²) < 4.78 is 0. The summed E-state index contributed by atoms with van der Waals surface area (Å²) in [6, 6.07) is 6.24. The number of anilines is 1. The number of rotatable bonds is 3. The van der Waals surface area contributed by atoms with Crippen LogP contribution in [0.15, 0.2) is 29.0 Å². The predicted molar refractivity (Wildman–Crippen MR) is 116 cm³/mol. The number of amides is 2. The Morgan fingerprint density at radius 2 is 2.00 bits per heavy atom. The first-order valence-electron chi connectivity index (χ1n) is 9.80. The smallest absolute Gasteiger partial charge is 0.312 e. The second-order valence-electron chi connectivity index (χ2n) is 7.37. The van der Waals surface area contributed by atoms with Crippen LogP contribution in [0.4, 0.5) is 9.93 Å². The van der Waals surface area contributed by atoms with E-state index in [2.05, 4.69) is 44.5 Å². The van der Waals surface area contributed by atoms with Gasteiger partial charge < -0.3 is 4.90 Å². The Balaban J connectivity index is 1.35. The molecular formula is C20H22N4OS3. The number of urea groups is 1. The lowest BCUT2D eigenvalue weighted by atomic mass is 9.90. The maximum atomic E-state index is 13.2. The molecule has 8 heteroatoms. The standard InChI is InChI=1S/C20H22N4OS3/c25-20(21-19-23-22-18(28-19)13-5-2-1-3-6-13)24-10-8-15-14(9-12-27-15)17(24)16-7-4-11-26-16/h4,7,9,11-13,17H,1-3,5-6,8,10H2,(H,21,23,25)/t17-/m0/s1. The van der Waals surface area contributed by atoms with E-state index in [-0.39, 0.29) is 12.1 Å². The summed E-state index contributed by atoms with van der Waals surface area (Å²) in [6.45, 7) is 0.718. The van der Waals surface area contributed by atoms with Gasteiger partial charge in [-0.3, -0.25) is 5.32 Å². The number of nitrogens with one attached hydrogen (secondary N) is 1. The largest absolute Gasteiger partial charge is 0.324 e. The van der Waals surface area contributed by atoms with Crippen LogP contribution in [-0.2, 0) is 6.42 Å². The number of nitrogens with zero attached hydrogens (tertiary/aromatic N) is 3. The van der Waals surface area contributed by atoms with E-state index in [0.29, 0.717) is 11.0 Å². The Hall–Kier alpha value is -1.77. The van der Waals surface area contributed by atoms with Crippen LogP contribution in [0.3, 0.4) is 0 Å². The highest BCUT2D eigenvalue weighted by Gasteiger charge is 2.34. The lowest BCUT2D eigenvalue weighted by Gasteiger charge is -2.35. The fourth-order valence-corrected chi connectivity index (χ4v) is 6.91. The van der Waals surface area contributed by atoms with Crippen LogP contribution in [0, 0.1) is 0 Å². The van der Waals surface area contributed by atoms with Gasteiger partial charge in [-0.25, -0.2) is 4.79 Å². The Bertz CT molecular complexity index is 942. The van der Waals surface area contributed by atoms with Gasteiger partial charge in [-0.15, -0.1) is 32.9 Å². The first kappa shape index (κ1) is 18.3. The Morgan fingerprint density at radius 3 is 2.82 bits per heavy atom. The van der Waals surface area contributed by atoms with Gasteiger partial charge in [0.05, 0.1) is 6.04 Å². The van der Waals surface area contributed by atoms with Crippen molar-refractivity contribution in [1.29, 1.82) is 0 Å². The first-order chi connectivity index (χ1) is 13.8. The number of fused-ring (bicyclic) bond motifs is 1. The molecule has 4 heterocycles. The minimum atomic E-state index is -0.0819. The quantitative estimate of drug-likeness (QED) is 0.564. The summed E-state index contributed by atoms with van der Waals surface area (Å²) >= 11 is 5.04. The van der Waals surface area contributed by atoms with Gasteiger partial charge >= 0.3 is 6.03 Å². The van der Waals surface area contributed by atoms with Crippen molar-refractivity contribution in [2.24, 2.45) is 0 Å². The average molecular weight is 431 g/mol. The van der Waals surface area contributed by atoms with Crippen molar-refractivity contribution >= 4 is 45.2 Å². The first-order valence-corrected chi connectivity index (χ1v) is 12.4. The van der Waals surface area contributed by atoms with Crippen molar-refractivity contribution in [3.63, 3.8) is 0 Å². The maximum absolute atomic E-state index is 13.2. The Labute approximate surface area is 176 Å². The molecule has 1 aliphatic carbocycles. The summed E-state index contributed by atoms with van der Waals surface area (Å²) in [5, 5.41) is 17.6. The van der Waals surface area contributed by atoms with Crippen molar-refractivity contribution in [2.75, 3.05) is 11.9 Å². The Kier molecular flexibility index (Phi) is 5.17. The van der Waals surface area contributed by atoms with Crippen LogP contribution in [0.25, 0.3) is 0 Å². The van der Waals surface area contributed by atoms with E-state index in [4.69, 9.17) is 0 Å². The fraction of sp³-hybridized carbons (Fsp3) is 0.450. The van der Waals surface area contributed by atoms with E-state index >= 15 is 0 Å². The minimum absolute atomic E-state index is 0.0132. The summed E-state index contributed by atoms with van der Waals surface area (Å²) in [5.41, 5.74) is 1.26. The van der Waals surface area contributed by atoms with Gasteiger partial charge in [-0.1, -0.05) is 36.7 Å². The third-order valence-electron chi connectivity index (χ3n) is 5.65. The SMILES string of the molecule is O=C(Nc1nnc(C2CCCCC2)s1)N1CCc2sccc2[C@H]1c1cccs1. The molecule has 1 N–H and O–H groups in total. The third-order valence-corrected chi connectivity index (χ3v) is 8.57. The predicted octanol–water partition coefficient (Wildman–Crippen LogP) is 5.89. The molecule has 5 rings (SSSR count). The second-order valence-corrected chi connectivity index (χ2v) is 10.4. The number of carbonyl (C=O) groups is 1. The molecular weight excluding hydrogens is 408 g/mol. The van der Waals surface area contributed by atoms with Crippen LogP contribution in [0.5, 0.6) is 0 Å². The number of aromatic nitrogens is 2. The van der Waals surface area contributed by atoms with Gasteiger partial charge in [0.15, 0.2) is 0 Å². The zero-order valence-electron chi connectivity index (χ0n) is 15.5. The molecule has 2 amide bonds. The van der Waals surface area contributed by atoms with Crippen molar-refractivity contribution in [3.8, 4) is 0 Å². The molecule has 3 aromatic heterocycles. The molecule has 3 aromatic rings. The van der Waals surface area contributed by atoms with Crippen molar-refractivity contribution in [3.05, 3.63) is 49.3 Å². The van der Waals surface area contributed by atoms with Crippen molar-refractivity contribution < 1.29 is 4.79 Å². The third kappa shape index (κ3) is 3.49. The zero-order chi connectivity index (χ0) is 18.9. The van der Waals surface area contributed by atoms with E-state index < -0.39 is 0 Å². The molecule has 146 valence electrons. The molecule has 0 saturated heterocycles. The highest BCUT2D eigenvalue weighted by Crippen LogP contribution is 2.40. The van der Waals surface area contributed by atoms with E-state index in [1.54, 1.807) is 34.0 Å². The average Bonchev–Trinajstić information content (AvgIpc) is 3.49. The number of hydrogen-bond donors (Lipinski definition) is 1. The van der Waals surface area contributed by atoms with Crippen molar-refractivity contribution in [1.82, 2.24) is 15.1 Å². The van der Waals surface area contributed by atoms with E-state index in [9.17, 15) is 4.79 Å². The molecule has 0 radical (unpaired) electrons. The van der Waals surface area contributed by atoms with Crippen LogP contribution in [-0.4, -0.2) is 27.7 Å². The lowest BCUT2D eigenvalue weighted by molar-refractivity contribution is 0.195. The molecule has 0 spiro atoms. The molecule has 1 aliphatic heterocycles. The van der Waals surface area contributed by atoms with Gasteiger partial charge in [0.25, 0.3) is 0 Å². The molecule has 1 fully saturated rings.